The van der Waals surface area contributed by atoms with Gasteiger partial charge in [0.15, 0.2) is 17.5 Å². The molecule has 11 rings (SSSR count). The second-order valence-electron chi connectivity index (χ2n) is 14.3. The molecule has 0 saturated carbocycles. The van der Waals surface area contributed by atoms with Gasteiger partial charge < -0.3 is 4.42 Å². The molecule has 55 heavy (non-hydrogen) atoms. The van der Waals surface area contributed by atoms with Crippen molar-refractivity contribution in [3.8, 4) is 67.5 Å². The molecule has 2 unspecified atom stereocenters. The van der Waals surface area contributed by atoms with Crippen molar-refractivity contribution in [2.24, 2.45) is 0 Å². The van der Waals surface area contributed by atoms with Gasteiger partial charge in [0.2, 0.25) is 0 Å². The summed E-state index contributed by atoms with van der Waals surface area (Å²) in [6, 6.07) is 57.4. The SMILES string of the molecule is C1=CC2c3ccccc3-c3ccc(-c4cccc5oc6cccc(-c7ccc(-c8nc(-c9ccccc9)nc(-c9ccccc9)n8)cc7)c6c45)cc3C2C=C1. The van der Waals surface area contributed by atoms with Gasteiger partial charge in [0.1, 0.15) is 11.2 Å². The molecule has 258 valence electrons. The minimum absolute atomic E-state index is 0.293. The summed E-state index contributed by atoms with van der Waals surface area (Å²) >= 11 is 0. The molecule has 0 radical (unpaired) electrons. The normalized spacial score (nSPS) is 15.5. The zero-order valence-corrected chi connectivity index (χ0v) is 29.8. The average molecular weight is 704 g/mol. The van der Waals surface area contributed by atoms with Crippen LogP contribution in [-0.4, -0.2) is 15.0 Å². The lowest BCUT2D eigenvalue weighted by Crippen LogP contribution is -2.16. The molecule has 0 aliphatic heterocycles. The molecular weight excluding hydrogens is 671 g/mol. The second-order valence-corrected chi connectivity index (χ2v) is 14.3. The van der Waals surface area contributed by atoms with E-state index in [2.05, 4.69) is 127 Å². The predicted octanol–water partition coefficient (Wildman–Crippen LogP) is 13.1. The fraction of sp³-hybridized carbons (Fsp3) is 0.0392. The molecule has 2 aromatic heterocycles. The third kappa shape index (κ3) is 5.25. The Bertz CT molecular complexity index is 2920. The summed E-state index contributed by atoms with van der Waals surface area (Å²) in [5.74, 6) is 2.55. The molecule has 0 saturated heterocycles. The molecule has 4 heteroatoms. The summed E-state index contributed by atoms with van der Waals surface area (Å²) in [5.41, 5.74) is 14.5. The quantitative estimate of drug-likeness (QED) is 0.179. The van der Waals surface area contributed by atoms with Crippen molar-refractivity contribution in [1.29, 1.82) is 0 Å². The van der Waals surface area contributed by atoms with Crippen molar-refractivity contribution in [3.63, 3.8) is 0 Å². The zero-order chi connectivity index (χ0) is 36.3. The van der Waals surface area contributed by atoms with Crippen LogP contribution in [0.2, 0.25) is 0 Å². The van der Waals surface area contributed by atoms with E-state index >= 15 is 0 Å². The smallest absolute Gasteiger partial charge is 0.164 e. The van der Waals surface area contributed by atoms with Gasteiger partial charge in [-0.1, -0.05) is 170 Å². The molecule has 2 atom stereocenters. The van der Waals surface area contributed by atoms with E-state index in [-0.39, 0.29) is 0 Å². The molecule has 2 aliphatic rings. The highest BCUT2D eigenvalue weighted by Gasteiger charge is 2.32. The van der Waals surface area contributed by atoms with Crippen molar-refractivity contribution in [2.75, 3.05) is 0 Å². The van der Waals surface area contributed by atoms with Crippen molar-refractivity contribution in [2.45, 2.75) is 11.8 Å². The van der Waals surface area contributed by atoms with Crippen molar-refractivity contribution < 1.29 is 4.42 Å². The molecule has 0 fully saturated rings. The third-order valence-corrected chi connectivity index (χ3v) is 11.1. The van der Waals surface area contributed by atoms with Crippen LogP contribution in [0.25, 0.3) is 89.5 Å². The van der Waals surface area contributed by atoms with E-state index < -0.39 is 0 Å². The Kier molecular flexibility index (Phi) is 7.27. The van der Waals surface area contributed by atoms with Crippen LogP contribution in [0, 0.1) is 0 Å². The molecular formula is C51H33N3O. The number of benzene rings is 7. The zero-order valence-electron chi connectivity index (χ0n) is 29.8. The molecule has 7 aromatic carbocycles. The highest BCUT2D eigenvalue weighted by Crippen LogP contribution is 2.51. The van der Waals surface area contributed by atoms with Crippen LogP contribution in [0.4, 0.5) is 0 Å². The van der Waals surface area contributed by atoms with Crippen LogP contribution in [0.5, 0.6) is 0 Å². The highest BCUT2D eigenvalue weighted by atomic mass is 16.3. The lowest BCUT2D eigenvalue weighted by Gasteiger charge is -2.34. The predicted molar refractivity (Wildman–Crippen MR) is 223 cm³/mol. The van der Waals surface area contributed by atoms with Gasteiger partial charge in [-0.05, 0) is 62.7 Å². The average Bonchev–Trinajstić information content (AvgIpc) is 3.66. The van der Waals surface area contributed by atoms with E-state index in [0.29, 0.717) is 29.3 Å². The van der Waals surface area contributed by atoms with Crippen LogP contribution in [0.1, 0.15) is 23.0 Å². The molecule has 2 heterocycles. The molecule has 9 aromatic rings. The first kappa shape index (κ1) is 31.4. The Morgan fingerprint density at radius 2 is 0.800 bits per heavy atom. The van der Waals surface area contributed by atoms with Crippen LogP contribution in [0.15, 0.2) is 193 Å². The Balaban J connectivity index is 1.03. The van der Waals surface area contributed by atoms with E-state index in [1.807, 2.05) is 60.7 Å². The monoisotopic (exact) mass is 703 g/mol. The van der Waals surface area contributed by atoms with Gasteiger partial charge in [-0.25, -0.2) is 15.0 Å². The summed E-state index contributed by atoms with van der Waals surface area (Å²) in [6.45, 7) is 0. The van der Waals surface area contributed by atoms with Crippen LogP contribution in [-0.2, 0) is 0 Å². The molecule has 4 nitrogen and oxygen atoms in total. The van der Waals surface area contributed by atoms with E-state index in [1.165, 1.54) is 33.4 Å². The van der Waals surface area contributed by atoms with Crippen LogP contribution < -0.4 is 0 Å². The maximum atomic E-state index is 6.58. The topological polar surface area (TPSA) is 51.8 Å². The first-order valence-corrected chi connectivity index (χ1v) is 18.8. The number of furan rings is 1. The second kappa shape index (κ2) is 12.8. The van der Waals surface area contributed by atoms with E-state index in [0.717, 1.165) is 49.8 Å². The summed E-state index contributed by atoms with van der Waals surface area (Å²) in [5, 5.41) is 2.24. The Morgan fingerprint density at radius 1 is 0.345 bits per heavy atom. The fourth-order valence-corrected chi connectivity index (χ4v) is 8.57. The van der Waals surface area contributed by atoms with Gasteiger partial charge in [0, 0.05) is 39.3 Å². The minimum atomic E-state index is 0.293. The third-order valence-electron chi connectivity index (χ3n) is 11.1. The Labute approximate surface area is 318 Å². The number of allylic oxidation sites excluding steroid dienone is 4. The van der Waals surface area contributed by atoms with Crippen LogP contribution in [0.3, 0.4) is 0 Å². The minimum Gasteiger partial charge on any atom is -0.456 e. The summed E-state index contributed by atoms with van der Waals surface area (Å²) < 4.78 is 6.58. The number of rotatable bonds is 5. The summed E-state index contributed by atoms with van der Waals surface area (Å²) in [4.78, 5) is 14.8. The fourth-order valence-electron chi connectivity index (χ4n) is 8.57. The maximum Gasteiger partial charge on any atom is 0.164 e. The van der Waals surface area contributed by atoms with E-state index in [1.54, 1.807) is 0 Å². The molecule has 0 N–H and O–H groups in total. The first-order chi connectivity index (χ1) is 27.3. The number of aromatic nitrogens is 3. The van der Waals surface area contributed by atoms with Crippen molar-refractivity contribution in [1.82, 2.24) is 15.0 Å². The first-order valence-electron chi connectivity index (χ1n) is 18.8. The lowest BCUT2D eigenvalue weighted by molar-refractivity contribution is 0.669. The molecule has 0 amide bonds. The van der Waals surface area contributed by atoms with Gasteiger partial charge in [0.05, 0.1) is 0 Å². The van der Waals surface area contributed by atoms with E-state index in [4.69, 9.17) is 19.4 Å². The molecule has 0 spiro atoms. The standard InChI is InChI=1S/C51H33N3O/c1-3-13-33(14-4-1)49-52-50(34-15-5-2-6-16-34)54-51(53-49)35-27-25-32(26-28-35)37-21-11-23-45-47(37)48-38(22-12-24-46(48)55-45)36-29-30-43-41-19-8-7-17-39(41)40-18-9-10-20-42(40)44(43)31-36/h1-31,40,42H. The van der Waals surface area contributed by atoms with Gasteiger partial charge >= 0.3 is 0 Å². The van der Waals surface area contributed by atoms with Crippen LogP contribution >= 0.6 is 0 Å². The summed E-state index contributed by atoms with van der Waals surface area (Å²) in [7, 11) is 0. The molecule has 0 bridgehead atoms. The summed E-state index contributed by atoms with van der Waals surface area (Å²) in [6.07, 6.45) is 9.10. The lowest BCUT2D eigenvalue weighted by atomic mass is 9.69. The number of hydrogen-bond donors (Lipinski definition) is 0. The van der Waals surface area contributed by atoms with Gasteiger partial charge in [-0.15, -0.1) is 0 Å². The van der Waals surface area contributed by atoms with Gasteiger partial charge in [-0.3, -0.25) is 0 Å². The Hall–Kier alpha value is -7.17. The largest absolute Gasteiger partial charge is 0.456 e. The number of hydrogen-bond acceptors (Lipinski definition) is 4. The van der Waals surface area contributed by atoms with Crippen molar-refractivity contribution >= 4 is 21.9 Å². The maximum absolute atomic E-state index is 6.58. The van der Waals surface area contributed by atoms with Gasteiger partial charge in [-0.2, -0.15) is 0 Å². The number of fused-ring (bicyclic) bond motifs is 9. The van der Waals surface area contributed by atoms with E-state index in [9.17, 15) is 0 Å². The molecule has 2 aliphatic carbocycles. The number of nitrogens with zero attached hydrogens (tertiary/aromatic N) is 3. The highest BCUT2D eigenvalue weighted by molar-refractivity contribution is 6.18. The Morgan fingerprint density at radius 3 is 1.42 bits per heavy atom. The van der Waals surface area contributed by atoms with Gasteiger partial charge in [0.25, 0.3) is 0 Å². The van der Waals surface area contributed by atoms with Crippen molar-refractivity contribution in [3.05, 3.63) is 199 Å².